The van der Waals surface area contributed by atoms with E-state index in [4.69, 9.17) is 11.6 Å². The number of carbonyl (C=O) groups excluding carboxylic acids is 1. The van der Waals surface area contributed by atoms with E-state index in [9.17, 15) is 22.8 Å². The van der Waals surface area contributed by atoms with Crippen molar-refractivity contribution < 1.29 is 18.0 Å². The molecule has 0 fully saturated rings. The third-order valence-electron chi connectivity index (χ3n) is 5.01. The Kier molecular flexibility index (Phi) is 6.76. The number of rotatable bonds is 6. The van der Waals surface area contributed by atoms with Crippen LogP contribution in [0, 0.1) is 0 Å². The van der Waals surface area contributed by atoms with Crippen LogP contribution in [0.15, 0.2) is 64.3 Å². The second-order valence-corrected chi connectivity index (χ2v) is 8.68. The summed E-state index contributed by atoms with van der Waals surface area (Å²) in [5, 5.41) is 7.43. The van der Waals surface area contributed by atoms with Crippen LogP contribution in [0.1, 0.15) is 21.5 Å². The zero-order valence-electron chi connectivity index (χ0n) is 17.3. The first-order chi connectivity index (χ1) is 16.1. The van der Waals surface area contributed by atoms with Crippen LogP contribution in [0.5, 0.6) is 0 Å². The summed E-state index contributed by atoms with van der Waals surface area (Å²) in [5.41, 5.74) is -0.277. The minimum Gasteiger partial charge on any atom is -0.350 e. The number of hydrogen-bond donors (Lipinski definition) is 1. The van der Waals surface area contributed by atoms with Crippen LogP contribution in [0.2, 0.25) is 5.02 Å². The normalized spacial score (nSPS) is 11.7. The summed E-state index contributed by atoms with van der Waals surface area (Å²) in [7, 11) is 0. The lowest BCUT2D eigenvalue weighted by Gasteiger charge is -2.10. The average Bonchev–Trinajstić information content (AvgIpc) is 3.20. The molecule has 0 bridgehead atoms. The van der Waals surface area contributed by atoms with Crippen LogP contribution in [-0.2, 0) is 19.3 Å². The van der Waals surface area contributed by atoms with Crippen molar-refractivity contribution in [2.45, 2.75) is 19.3 Å². The molecule has 0 unspecified atom stereocenters. The van der Waals surface area contributed by atoms with Crippen molar-refractivity contribution in [3.8, 4) is 0 Å². The van der Waals surface area contributed by atoms with E-state index in [1.165, 1.54) is 33.9 Å². The van der Waals surface area contributed by atoms with Crippen molar-refractivity contribution in [1.29, 1.82) is 0 Å². The topological polar surface area (TPSA) is 81.8 Å². The fraction of sp³-hybridized carbons (Fsp3) is 0.182. The molecule has 0 aliphatic carbocycles. The Labute approximate surface area is 204 Å². The number of fused-ring (bicyclic) bond motifs is 1. The number of aromatic nitrogens is 4. The maximum absolute atomic E-state index is 13.0. The summed E-state index contributed by atoms with van der Waals surface area (Å²) in [4.78, 5) is 29.5. The fourth-order valence-electron chi connectivity index (χ4n) is 3.36. The van der Waals surface area contributed by atoms with Gasteiger partial charge in [0.15, 0.2) is 5.65 Å². The number of halogens is 5. The van der Waals surface area contributed by atoms with Crippen molar-refractivity contribution in [3.63, 3.8) is 0 Å². The molecule has 12 heteroatoms. The second kappa shape index (κ2) is 9.59. The molecule has 0 spiro atoms. The lowest BCUT2D eigenvalue weighted by atomic mass is 10.1. The number of alkyl halides is 3. The van der Waals surface area contributed by atoms with Gasteiger partial charge >= 0.3 is 6.18 Å². The van der Waals surface area contributed by atoms with E-state index in [0.717, 1.165) is 12.1 Å². The molecule has 4 rings (SSSR count). The van der Waals surface area contributed by atoms with Crippen LogP contribution in [0.3, 0.4) is 0 Å². The molecular weight excluding hydrogens is 539 g/mol. The van der Waals surface area contributed by atoms with Gasteiger partial charge in [0.1, 0.15) is 11.7 Å². The molecule has 7 nitrogen and oxygen atoms in total. The van der Waals surface area contributed by atoms with E-state index in [1.54, 1.807) is 18.2 Å². The minimum absolute atomic E-state index is 0.0691. The third-order valence-corrected chi connectivity index (χ3v) is 5.83. The minimum atomic E-state index is -4.47. The van der Waals surface area contributed by atoms with Crippen LogP contribution in [0.4, 0.5) is 13.2 Å². The van der Waals surface area contributed by atoms with Gasteiger partial charge in [-0.05, 0) is 35.9 Å². The van der Waals surface area contributed by atoms with Crippen molar-refractivity contribution in [3.05, 3.63) is 91.5 Å². The van der Waals surface area contributed by atoms with Crippen molar-refractivity contribution >= 4 is 44.5 Å². The third kappa shape index (κ3) is 5.15. The average molecular weight is 555 g/mol. The first-order valence-electron chi connectivity index (χ1n) is 9.94. The molecule has 176 valence electrons. The van der Waals surface area contributed by atoms with E-state index in [-0.39, 0.29) is 30.9 Å². The Morgan fingerprint density at radius 2 is 1.97 bits per heavy atom. The van der Waals surface area contributed by atoms with Gasteiger partial charge in [0, 0.05) is 11.0 Å². The maximum atomic E-state index is 13.0. The van der Waals surface area contributed by atoms with E-state index in [0.29, 0.717) is 26.3 Å². The number of nitrogens with one attached hydrogen (secondary N) is 1. The molecule has 34 heavy (non-hydrogen) atoms. The highest BCUT2D eigenvalue weighted by Gasteiger charge is 2.30. The van der Waals surface area contributed by atoms with E-state index < -0.39 is 17.3 Å². The highest BCUT2D eigenvalue weighted by molar-refractivity contribution is 9.10. The maximum Gasteiger partial charge on any atom is 0.416 e. The summed E-state index contributed by atoms with van der Waals surface area (Å²) >= 11 is 9.36. The Hall–Kier alpha value is -3.18. The molecule has 0 aliphatic rings. The summed E-state index contributed by atoms with van der Waals surface area (Å²) in [6, 6.07) is 9.71. The Morgan fingerprint density at radius 1 is 1.18 bits per heavy atom. The van der Waals surface area contributed by atoms with Gasteiger partial charge in [-0.3, -0.25) is 14.2 Å². The second-order valence-electron chi connectivity index (χ2n) is 7.36. The van der Waals surface area contributed by atoms with E-state index >= 15 is 0 Å². The van der Waals surface area contributed by atoms with Gasteiger partial charge in [-0.15, -0.1) is 0 Å². The summed E-state index contributed by atoms with van der Waals surface area (Å²) in [6.07, 6.45) is -1.86. The molecule has 0 radical (unpaired) electrons. The van der Waals surface area contributed by atoms with Crippen molar-refractivity contribution in [1.82, 2.24) is 24.6 Å². The summed E-state index contributed by atoms with van der Waals surface area (Å²) < 4.78 is 42.3. The first-order valence-corrected chi connectivity index (χ1v) is 11.1. The highest BCUT2D eigenvalue weighted by Crippen LogP contribution is 2.29. The Bertz CT molecular complexity index is 1430. The highest BCUT2D eigenvalue weighted by atomic mass is 79.9. The van der Waals surface area contributed by atoms with Gasteiger partial charge in [-0.25, -0.2) is 9.67 Å². The van der Waals surface area contributed by atoms with Gasteiger partial charge in [0.25, 0.3) is 11.5 Å². The van der Waals surface area contributed by atoms with Gasteiger partial charge in [-0.2, -0.15) is 18.3 Å². The van der Waals surface area contributed by atoms with Crippen LogP contribution in [0.25, 0.3) is 11.0 Å². The zero-order valence-corrected chi connectivity index (χ0v) is 19.7. The lowest BCUT2D eigenvalue weighted by molar-refractivity contribution is -0.137. The predicted molar refractivity (Wildman–Crippen MR) is 124 cm³/mol. The zero-order chi connectivity index (χ0) is 24.5. The largest absolute Gasteiger partial charge is 0.416 e. The van der Waals surface area contributed by atoms with Crippen molar-refractivity contribution in [2.24, 2.45) is 0 Å². The standard InChI is InChI=1S/C22H16BrClF3N5O2/c23-15-4-5-18(24)16(9-15)20(33)28-6-7-32-19-17(10-30-32)21(34)31(12-29-19)11-13-2-1-3-14(8-13)22(25,26)27/h1-5,8-10,12H,6-7,11H2,(H,28,33). The molecule has 4 aromatic rings. The quantitative estimate of drug-likeness (QED) is 0.380. The number of carbonyl (C=O) groups is 1. The van der Waals surface area contributed by atoms with E-state index in [2.05, 4.69) is 31.3 Å². The monoisotopic (exact) mass is 553 g/mol. The van der Waals surface area contributed by atoms with Crippen LogP contribution >= 0.6 is 27.5 Å². The van der Waals surface area contributed by atoms with E-state index in [1.807, 2.05) is 0 Å². The fourth-order valence-corrected chi connectivity index (χ4v) is 3.92. The number of benzene rings is 2. The molecule has 0 saturated heterocycles. The molecule has 1 amide bonds. The molecule has 0 saturated carbocycles. The molecule has 0 atom stereocenters. The predicted octanol–water partition coefficient (Wildman–Crippen LogP) is 4.51. The number of amides is 1. The number of hydrogen-bond acceptors (Lipinski definition) is 4. The smallest absolute Gasteiger partial charge is 0.350 e. The van der Waals surface area contributed by atoms with Gasteiger partial charge < -0.3 is 5.32 Å². The molecule has 2 aromatic carbocycles. The first kappa shape index (κ1) is 24.0. The Morgan fingerprint density at radius 3 is 2.74 bits per heavy atom. The number of nitrogens with zero attached hydrogens (tertiary/aromatic N) is 4. The SMILES string of the molecule is O=C(NCCn1ncc2c(=O)n(Cc3cccc(C(F)(F)F)c3)cnc21)c1cc(Br)ccc1Cl. The molecule has 0 aliphatic heterocycles. The van der Waals surface area contributed by atoms with Gasteiger partial charge in [0.2, 0.25) is 0 Å². The summed E-state index contributed by atoms with van der Waals surface area (Å²) in [6.45, 7) is 0.374. The molecule has 2 heterocycles. The lowest BCUT2D eigenvalue weighted by Crippen LogP contribution is -2.28. The molecule has 2 aromatic heterocycles. The van der Waals surface area contributed by atoms with Crippen LogP contribution < -0.4 is 10.9 Å². The summed E-state index contributed by atoms with van der Waals surface area (Å²) in [5.74, 6) is -0.362. The molecular formula is C22H16BrClF3N5O2. The van der Waals surface area contributed by atoms with Gasteiger partial charge in [-0.1, -0.05) is 39.7 Å². The Balaban J connectivity index is 1.47. The molecule has 1 N–H and O–H groups in total. The van der Waals surface area contributed by atoms with Gasteiger partial charge in [0.05, 0.1) is 35.4 Å². The van der Waals surface area contributed by atoms with Crippen molar-refractivity contribution in [2.75, 3.05) is 6.54 Å². The van der Waals surface area contributed by atoms with Crippen LogP contribution in [-0.4, -0.2) is 31.8 Å².